The number of aromatic hydroxyl groups is 2. The number of rotatable bonds is 5. The fraction of sp³-hybridized carbons (Fsp3) is 0.304. The van der Waals surface area contributed by atoms with Crippen molar-refractivity contribution in [3.05, 3.63) is 77.1 Å². The lowest BCUT2D eigenvalue weighted by molar-refractivity contribution is 0.246. The van der Waals surface area contributed by atoms with E-state index in [1.165, 1.54) is 5.57 Å². The average Bonchev–Trinajstić information content (AvgIpc) is 2.68. The number of methoxy groups -OCH3 is 1. The van der Waals surface area contributed by atoms with Gasteiger partial charge < -0.3 is 19.7 Å². The number of hydrogen-bond acceptors (Lipinski definition) is 4. The van der Waals surface area contributed by atoms with Crippen LogP contribution in [0.1, 0.15) is 43.2 Å². The Kier molecular flexibility index (Phi) is 5.75. The second-order valence-corrected chi connectivity index (χ2v) is 6.81. The molecule has 0 fully saturated rings. The number of fused-ring (bicyclic) bond motifs is 1. The standard InChI is InChI=1S/C23H26O4/c1-4-19(26-3)11-5-15(2)23-20-12-10-18(25)13-22(20)27-14-21(23)16-6-8-17(24)9-7-16/h5-13,21,23-25H,4,14H2,1-3H3. The minimum Gasteiger partial charge on any atom is -0.508 e. The highest BCUT2D eigenvalue weighted by Gasteiger charge is 2.33. The molecule has 1 aliphatic rings. The maximum Gasteiger partial charge on any atom is 0.126 e. The van der Waals surface area contributed by atoms with E-state index in [0.717, 1.165) is 23.3 Å². The van der Waals surface area contributed by atoms with Gasteiger partial charge in [0.15, 0.2) is 0 Å². The zero-order valence-corrected chi connectivity index (χ0v) is 16.0. The molecule has 0 aromatic heterocycles. The van der Waals surface area contributed by atoms with Gasteiger partial charge in [0.2, 0.25) is 0 Å². The first-order chi connectivity index (χ1) is 13.0. The van der Waals surface area contributed by atoms with Crippen LogP contribution < -0.4 is 4.74 Å². The summed E-state index contributed by atoms with van der Waals surface area (Å²) in [5, 5.41) is 19.4. The van der Waals surface area contributed by atoms with Gasteiger partial charge in [0.1, 0.15) is 17.2 Å². The van der Waals surface area contributed by atoms with Crippen molar-refractivity contribution in [2.75, 3.05) is 13.7 Å². The molecular formula is C23H26O4. The van der Waals surface area contributed by atoms with E-state index in [9.17, 15) is 10.2 Å². The van der Waals surface area contributed by atoms with Crippen molar-refractivity contribution in [3.63, 3.8) is 0 Å². The molecular weight excluding hydrogens is 340 g/mol. The fourth-order valence-corrected chi connectivity index (χ4v) is 3.63. The Morgan fingerprint density at radius 2 is 1.81 bits per heavy atom. The Morgan fingerprint density at radius 1 is 1.11 bits per heavy atom. The number of phenolic OH excluding ortho intramolecular Hbond substituents is 2. The van der Waals surface area contributed by atoms with Crippen molar-refractivity contribution in [2.45, 2.75) is 32.1 Å². The Morgan fingerprint density at radius 3 is 2.48 bits per heavy atom. The molecule has 2 unspecified atom stereocenters. The summed E-state index contributed by atoms with van der Waals surface area (Å²) in [4.78, 5) is 0. The van der Waals surface area contributed by atoms with E-state index in [1.54, 1.807) is 31.4 Å². The van der Waals surface area contributed by atoms with Gasteiger partial charge in [-0.3, -0.25) is 0 Å². The first-order valence-corrected chi connectivity index (χ1v) is 9.19. The van der Waals surface area contributed by atoms with Gasteiger partial charge in [-0.1, -0.05) is 36.8 Å². The molecule has 2 aromatic rings. The Labute approximate surface area is 160 Å². The van der Waals surface area contributed by atoms with E-state index in [-0.39, 0.29) is 23.3 Å². The van der Waals surface area contributed by atoms with E-state index < -0.39 is 0 Å². The second kappa shape index (κ2) is 8.21. The van der Waals surface area contributed by atoms with Crippen molar-refractivity contribution in [1.29, 1.82) is 0 Å². The molecule has 2 aromatic carbocycles. The highest BCUT2D eigenvalue weighted by molar-refractivity contribution is 5.50. The summed E-state index contributed by atoms with van der Waals surface area (Å²) in [6.45, 7) is 4.68. The molecule has 0 saturated heterocycles. The molecule has 2 atom stereocenters. The topological polar surface area (TPSA) is 58.9 Å². The summed E-state index contributed by atoms with van der Waals surface area (Å²) in [5.41, 5.74) is 3.34. The Bertz CT molecular complexity index is 843. The third-order valence-corrected chi connectivity index (χ3v) is 5.11. The number of benzene rings is 2. The number of phenols is 2. The summed E-state index contributed by atoms with van der Waals surface area (Å²) >= 11 is 0. The Balaban J connectivity index is 2.05. The van der Waals surface area contributed by atoms with Crippen molar-refractivity contribution >= 4 is 0 Å². The van der Waals surface area contributed by atoms with Crippen LogP contribution in [0.4, 0.5) is 0 Å². The molecule has 0 bridgehead atoms. The molecule has 0 spiro atoms. The molecule has 0 amide bonds. The zero-order chi connectivity index (χ0) is 19.4. The summed E-state index contributed by atoms with van der Waals surface area (Å²) in [6.07, 6.45) is 4.95. The summed E-state index contributed by atoms with van der Waals surface area (Å²) in [5.74, 6) is 2.30. The van der Waals surface area contributed by atoms with Crippen LogP contribution in [0.15, 0.2) is 65.9 Å². The van der Waals surface area contributed by atoms with Gasteiger partial charge in [-0.25, -0.2) is 0 Å². The van der Waals surface area contributed by atoms with Crippen LogP contribution in [0, 0.1) is 0 Å². The Hall–Kier alpha value is -2.88. The first kappa shape index (κ1) is 18.9. The van der Waals surface area contributed by atoms with Gasteiger partial charge >= 0.3 is 0 Å². The largest absolute Gasteiger partial charge is 0.508 e. The van der Waals surface area contributed by atoms with Gasteiger partial charge in [-0.15, -0.1) is 0 Å². The fourth-order valence-electron chi connectivity index (χ4n) is 3.63. The predicted octanol–water partition coefficient (Wildman–Crippen LogP) is 5.24. The molecule has 0 radical (unpaired) electrons. The highest BCUT2D eigenvalue weighted by Crippen LogP contribution is 2.47. The number of ether oxygens (including phenoxy) is 2. The molecule has 4 heteroatoms. The quantitative estimate of drug-likeness (QED) is 0.561. The molecule has 27 heavy (non-hydrogen) atoms. The molecule has 142 valence electrons. The van der Waals surface area contributed by atoms with E-state index in [1.807, 2.05) is 24.3 Å². The summed E-state index contributed by atoms with van der Waals surface area (Å²) in [7, 11) is 1.68. The minimum absolute atomic E-state index is 0.102. The monoisotopic (exact) mass is 366 g/mol. The average molecular weight is 366 g/mol. The molecule has 2 N–H and O–H groups in total. The van der Waals surface area contributed by atoms with E-state index in [2.05, 4.69) is 19.9 Å². The number of hydrogen-bond donors (Lipinski definition) is 2. The molecule has 3 rings (SSSR count). The van der Waals surface area contributed by atoms with Crippen LogP contribution in [0.3, 0.4) is 0 Å². The van der Waals surface area contributed by atoms with Crippen molar-refractivity contribution < 1.29 is 19.7 Å². The van der Waals surface area contributed by atoms with Gasteiger partial charge in [0.05, 0.1) is 19.5 Å². The van der Waals surface area contributed by atoms with Gasteiger partial charge in [0, 0.05) is 29.9 Å². The second-order valence-electron chi connectivity index (χ2n) is 6.81. The maximum atomic E-state index is 9.82. The molecule has 1 heterocycles. The van der Waals surface area contributed by atoms with Crippen LogP contribution in [-0.4, -0.2) is 23.9 Å². The van der Waals surface area contributed by atoms with Crippen LogP contribution in [-0.2, 0) is 4.74 Å². The predicted molar refractivity (Wildman–Crippen MR) is 106 cm³/mol. The van der Waals surface area contributed by atoms with Crippen LogP contribution in [0.25, 0.3) is 0 Å². The summed E-state index contributed by atoms with van der Waals surface area (Å²) in [6, 6.07) is 12.6. The molecule has 0 saturated carbocycles. The van der Waals surface area contributed by atoms with Crippen LogP contribution >= 0.6 is 0 Å². The third-order valence-electron chi connectivity index (χ3n) is 5.11. The smallest absolute Gasteiger partial charge is 0.126 e. The SMILES string of the molecule is CCC(=CC=C(C)C1c2ccc(O)cc2OCC1c1ccc(O)cc1)OC. The lowest BCUT2D eigenvalue weighted by Crippen LogP contribution is -2.25. The van der Waals surface area contributed by atoms with Crippen molar-refractivity contribution in [2.24, 2.45) is 0 Å². The van der Waals surface area contributed by atoms with E-state index >= 15 is 0 Å². The first-order valence-electron chi connectivity index (χ1n) is 9.19. The molecule has 4 nitrogen and oxygen atoms in total. The lowest BCUT2D eigenvalue weighted by atomic mass is 9.76. The lowest BCUT2D eigenvalue weighted by Gasteiger charge is -2.35. The van der Waals surface area contributed by atoms with Crippen molar-refractivity contribution in [3.8, 4) is 17.2 Å². The van der Waals surface area contributed by atoms with Crippen molar-refractivity contribution in [1.82, 2.24) is 0 Å². The minimum atomic E-state index is 0.102. The van der Waals surface area contributed by atoms with Crippen LogP contribution in [0.5, 0.6) is 17.2 Å². The van der Waals surface area contributed by atoms with Gasteiger partial charge in [0.25, 0.3) is 0 Å². The zero-order valence-electron chi connectivity index (χ0n) is 16.0. The third kappa shape index (κ3) is 4.11. The molecule has 1 aliphatic heterocycles. The maximum absolute atomic E-state index is 9.82. The highest BCUT2D eigenvalue weighted by atomic mass is 16.5. The van der Waals surface area contributed by atoms with Gasteiger partial charge in [-0.2, -0.15) is 0 Å². The number of allylic oxidation sites excluding steroid dienone is 4. The van der Waals surface area contributed by atoms with E-state index in [4.69, 9.17) is 9.47 Å². The van der Waals surface area contributed by atoms with Gasteiger partial charge in [-0.05, 0) is 36.8 Å². The van der Waals surface area contributed by atoms with E-state index in [0.29, 0.717) is 12.4 Å². The molecule has 0 aliphatic carbocycles. The summed E-state index contributed by atoms with van der Waals surface area (Å²) < 4.78 is 11.3. The van der Waals surface area contributed by atoms with Crippen LogP contribution in [0.2, 0.25) is 0 Å². The normalized spacial score (nSPS) is 20.0.